The molecular weight excluding hydrogens is 594 g/mol. The summed E-state index contributed by atoms with van der Waals surface area (Å²) in [4.78, 5) is 28.6. The predicted molar refractivity (Wildman–Crippen MR) is 177 cm³/mol. The van der Waals surface area contributed by atoms with Gasteiger partial charge in [-0.3, -0.25) is 4.79 Å². The number of ether oxygens (including phenoxy) is 6. The number of carbonyl (C=O) groups excluding carboxylic acids is 2. The van der Waals surface area contributed by atoms with E-state index in [9.17, 15) is 19.8 Å². The van der Waals surface area contributed by atoms with E-state index in [1.807, 2.05) is 34.9 Å². The van der Waals surface area contributed by atoms with Gasteiger partial charge in [0.25, 0.3) is 0 Å². The average Bonchev–Trinajstić information content (AvgIpc) is 2.97. The molecule has 1 rings (SSSR count). The number of carbonyl (C=O) groups is 2. The highest BCUT2D eigenvalue weighted by atomic mass is 16.7. The lowest BCUT2D eigenvalue weighted by atomic mass is 9.78. The number of aliphatic hydroxyl groups excluding tert-OH is 1. The lowest BCUT2D eigenvalue weighted by molar-refractivity contribution is -0.274. The number of ketones is 1. The Morgan fingerprint density at radius 3 is 2.13 bits per heavy atom. The second-order valence-corrected chi connectivity index (χ2v) is 13.7. The van der Waals surface area contributed by atoms with Crippen molar-refractivity contribution in [3.63, 3.8) is 0 Å². The Morgan fingerprint density at radius 2 is 1.67 bits per heavy atom. The molecule has 0 aliphatic carbocycles. The quantitative estimate of drug-likeness (QED) is 0.107. The minimum Gasteiger partial charge on any atom is -0.456 e. The fourth-order valence-electron chi connectivity index (χ4n) is 6.41. The highest BCUT2D eigenvalue weighted by molar-refractivity contribution is 5.96. The summed E-state index contributed by atoms with van der Waals surface area (Å²) in [6.45, 7) is 19.7. The maximum absolute atomic E-state index is 13.7. The molecule has 0 saturated heterocycles. The Kier molecular flexibility index (Phi) is 16.1. The first-order valence-corrected chi connectivity index (χ1v) is 16.4. The third-order valence-corrected chi connectivity index (χ3v) is 9.04. The van der Waals surface area contributed by atoms with Gasteiger partial charge in [-0.15, -0.1) is 0 Å². The third kappa shape index (κ3) is 10.6. The number of methoxy groups -OCH3 is 2. The van der Waals surface area contributed by atoms with Crippen molar-refractivity contribution in [2.24, 2.45) is 11.8 Å². The Bertz CT molecular complexity index is 1070. The standard InChI is InChI=1S/C35H63NO10/c1-16-25(36(12)13)29(41-14)32(43-18-3)44-30(23(6)28-24(7)31(39)46-33(8,9)45-28)35(11,42-15)20-22(5)27(38)21(4)19-34(10,40)26(37)17-2/h19,22-23,25-26,29-30,32,37,40H,16-18,20H2,1-15H3/b21-19+/t22-,23+,25?,26-,29?,30-,32+,34+,35-/m1/s1. The fraction of sp³-hybridized carbons (Fsp3) is 0.829. The van der Waals surface area contributed by atoms with E-state index in [1.54, 1.807) is 55.8 Å². The second kappa shape index (κ2) is 17.5. The molecule has 2 N–H and O–H groups in total. The van der Waals surface area contributed by atoms with Crippen LogP contribution in [0.3, 0.4) is 0 Å². The topological polar surface area (TPSA) is 133 Å². The molecule has 0 aromatic heterocycles. The van der Waals surface area contributed by atoms with Crippen LogP contribution in [0.5, 0.6) is 0 Å². The van der Waals surface area contributed by atoms with Crippen LogP contribution in [-0.2, 0) is 38.0 Å². The predicted octanol–water partition coefficient (Wildman–Crippen LogP) is 4.78. The van der Waals surface area contributed by atoms with Crippen LogP contribution in [0.4, 0.5) is 0 Å². The van der Waals surface area contributed by atoms with Crippen molar-refractivity contribution in [2.75, 3.05) is 34.9 Å². The lowest BCUT2D eigenvalue weighted by Gasteiger charge is -2.46. The van der Waals surface area contributed by atoms with Crippen LogP contribution in [0.15, 0.2) is 23.0 Å². The zero-order chi connectivity index (χ0) is 35.8. The monoisotopic (exact) mass is 657 g/mol. The number of allylic oxidation sites excluding steroid dienone is 1. The molecule has 9 atom stereocenters. The molecule has 1 aliphatic rings. The summed E-state index contributed by atoms with van der Waals surface area (Å²) in [6, 6.07) is -0.0494. The Balaban J connectivity index is 3.75. The Morgan fingerprint density at radius 1 is 1.09 bits per heavy atom. The molecule has 0 bridgehead atoms. The van der Waals surface area contributed by atoms with Crippen molar-refractivity contribution in [3.05, 3.63) is 23.0 Å². The van der Waals surface area contributed by atoms with Crippen LogP contribution < -0.4 is 0 Å². The van der Waals surface area contributed by atoms with Crippen LogP contribution in [-0.4, -0.2) is 109 Å². The lowest BCUT2D eigenvalue weighted by Crippen LogP contribution is -2.56. The van der Waals surface area contributed by atoms with Crippen LogP contribution in [0.25, 0.3) is 0 Å². The number of hydrogen-bond acceptors (Lipinski definition) is 11. The molecule has 0 fully saturated rings. The maximum Gasteiger partial charge on any atom is 0.340 e. The highest BCUT2D eigenvalue weighted by Gasteiger charge is 2.48. The molecule has 2 unspecified atom stereocenters. The van der Waals surface area contributed by atoms with Gasteiger partial charge < -0.3 is 43.5 Å². The summed E-state index contributed by atoms with van der Waals surface area (Å²) in [5, 5.41) is 21.1. The molecule has 1 heterocycles. The number of nitrogens with zero attached hydrogens (tertiary/aromatic N) is 1. The molecule has 1 aliphatic heterocycles. The van der Waals surface area contributed by atoms with Crippen molar-refractivity contribution in [1.82, 2.24) is 4.90 Å². The minimum atomic E-state index is -1.56. The molecule has 11 heteroatoms. The van der Waals surface area contributed by atoms with Gasteiger partial charge in [-0.2, -0.15) is 0 Å². The molecule has 0 aromatic rings. The van der Waals surface area contributed by atoms with E-state index in [1.165, 1.54) is 13.0 Å². The number of cyclic esters (lactones) is 1. The molecule has 0 radical (unpaired) electrons. The van der Waals surface area contributed by atoms with Gasteiger partial charge in [-0.05, 0) is 79.6 Å². The van der Waals surface area contributed by atoms with Gasteiger partial charge >= 0.3 is 5.97 Å². The maximum atomic E-state index is 13.7. The van der Waals surface area contributed by atoms with E-state index in [4.69, 9.17) is 28.4 Å². The van der Waals surface area contributed by atoms with Crippen molar-refractivity contribution in [1.29, 1.82) is 0 Å². The number of rotatable bonds is 20. The van der Waals surface area contributed by atoms with Crippen LogP contribution >= 0.6 is 0 Å². The summed E-state index contributed by atoms with van der Waals surface area (Å²) in [5.74, 6) is -2.63. The number of Topliss-reactive ketones (excluding diaryl/α,β-unsaturated/α-hetero) is 1. The van der Waals surface area contributed by atoms with Gasteiger partial charge in [0.15, 0.2) is 12.1 Å². The number of likely N-dealkylation sites (N-methyl/N-ethyl adjacent to an activating group) is 1. The van der Waals surface area contributed by atoms with Gasteiger partial charge in [0.1, 0.15) is 17.5 Å². The van der Waals surface area contributed by atoms with Crippen LogP contribution in [0.1, 0.15) is 95.4 Å². The normalized spacial score (nSPS) is 22.9. The second-order valence-electron chi connectivity index (χ2n) is 13.7. The zero-order valence-electron chi connectivity index (χ0n) is 31.1. The summed E-state index contributed by atoms with van der Waals surface area (Å²) in [7, 11) is 7.13. The number of esters is 1. The van der Waals surface area contributed by atoms with Crippen molar-refractivity contribution in [3.8, 4) is 0 Å². The Hall–Kier alpha value is -1.86. The molecular formula is C35H63NO10. The first kappa shape index (κ1) is 42.2. The van der Waals surface area contributed by atoms with Crippen molar-refractivity contribution >= 4 is 11.8 Å². The van der Waals surface area contributed by atoms with Crippen LogP contribution in [0.2, 0.25) is 0 Å². The van der Waals surface area contributed by atoms with E-state index in [2.05, 4.69) is 11.8 Å². The molecule has 0 saturated carbocycles. The van der Waals surface area contributed by atoms with Gasteiger partial charge in [0, 0.05) is 52.6 Å². The Labute approximate surface area is 277 Å². The van der Waals surface area contributed by atoms with E-state index >= 15 is 0 Å². The number of hydrogen-bond donors (Lipinski definition) is 2. The van der Waals surface area contributed by atoms with Crippen LogP contribution in [0, 0.1) is 11.8 Å². The van der Waals surface area contributed by atoms with E-state index in [0.717, 1.165) is 6.42 Å². The molecule has 46 heavy (non-hydrogen) atoms. The first-order chi connectivity index (χ1) is 21.2. The van der Waals surface area contributed by atoms with E-state index in [0.29, 0.717) is 29.9 Å². The van der Waals surface area contributed by atoms with Gasteiger partial charge in [0.05, 0.1) is 23.4 Å². The smallest absolute Gasteiger partial charge is 0.340 e. The molecule has 268 valence electrons. The van der Waals surface area contributed by atoms with Crippen molar-refractivity contribution in [2.45, 2.75) is 143 Å². The SMILES string of the molecule is CCO[C@@H](O[C@H]([C@@H](C)C1=C(C)C(=O)OC(C)(C)O1)[C@@](C)(C[C@@H](C)C(=O)/C(C)=C/[C@](C)(O)[C@H](O)CC)OC)C(OC)C(CC)N(C)C. The minimum absolute atomic E-state index is 0.0494. The summed E-state index contributed by atoms with van der Waals surface area (Å²) in [6.07, 6.45) is -0.431. The zero-order valence-corrected chi connectivity index (χ0v) is 31.1. The molecule has 0 aromatic carbocycles. The highest BCUT2D eigenvalue weighted by Crippen LogP contribution is 2.40. The number of aliphatic hydroxyl groups is 2. The van der Waals surface area contributed by atoms with Gasteiger partial charge in [0.2, 0.25) is 5.79 Å². The van der Waals surface area contributed by atoms with Gasteiger partial charge in [-0.1, -0.05) is 27.7 Å². The van der Waals surface area contributed by atoms with Crippen molar-refractivity contribution < 1.29 is 48.2 Å². The van der Waals surface area contributed by atoms with Gasteiger partial charge in [-0.25, -0.2) is 4.79 Å². The summed E-state index contributed by atoms with van der Waals surface area (Å²) < 4.78 is 37.0. The fourth-order valence-corrected chi connectivity index (χ4v) is 6.41. The summed E-state index contributed by atoms with van der Waals surface area (Å²) >= 11 is 0. The summed E-state index contributed by atoms with van der Waals surface area (Å²) in [5.41, 5.74) is -2.04. The third-order valence-electron chi connectivity index (χ3n) is 9.04. The average molecular weight is 658 g/mol. The molecule has 0 spiro atoms. The van der Waals surface area contributed by atoms with E-state index in [-0.39, 0.29) is 18.2 Å². The largest absolute Gasteiger partial charge is 0.456 e. The van der Waals surface area contributed by atoms with E-state index < -0.39 is 59.4 Å². The molecule has 11 nitrogen and oxygen atoms in total. The molecule has 0 amide bonds. The first-order valence-electron chi connectivity index (χ1n) is 16.4.